The van der Waals surface area contributed by atoms with E-state index in [-0.39, 0.29) is 5.41 Å². The average molecular weight is 301 g/mol. The number of rotatable bonds is 5. The lowest BCUT2D eigenvalue weighted by Crippen LogP contribution is -2.27. The zero-order valence-corrected chi connectivity index (χ0v) is 13.8. The van der Waals surface area contributed by atoms with Crippen LogP contribution in [0.5, 0.6) is 0 Å². The molecule has 2 bridgehead atoms. The minimum Gasteiger partial charge on any atom is -0.295 e. The molecule has 2 aliphatic carbocycles. The molecule has 23 heavy (non-hydrogen) atoms. The van der Waals surface area contributed by atoms with Crippen LogP contribution in [0.1, 0.15) is 47.4 Å². The smallest absolute Gasteiger partial charge is 0.0596 e. The molecule has 0 N–H and O–H groups in total. The molecule has 4 rings (SSSR count). The standard InChI is InChI=1S/C22H23N/c1-3-14-23(2)15-8-13-22-16-19(17-9-4-6-11-20(17)22)18-10-5-7-12-21(18)22/h1,4-7,9-12,19H,8,13-16H2,2H3. The van der Waals surface area contributed by atoms with Crippen LogP contribution in [0.4, 0.5) is 0 Å². The van der Waals surface area contributed by atoms with Crippen LogP contribution in [0.2, 0.25) is 0 Å². The van der Waals surface area contributed by atoms with Gasteiger partial charge in [-0.2, -0.15) is 0 Å². The largest absolute Gasteiger partial charge is 0.295 e. The van der Waals surface area contributed by atoms with E-state index < -0.39 is 0 Å². The van der Waals surface area contributed by atoms with Crippen molar-refractivity contribution in [3.63, 3.8) is 0 Å². The first kappa shape index (κ1) is 14.5. The second kappa shape index (κ2) is 5.55. The molecule has 0 aliphatic heterocycles. The van der Waals surface area contributed by atoms with Gasteiger partial charge >= 0.3 is 0 Å². The lowest BCUT2D eigenvalue weighted by molar-refractivity contribution is 0.341. The predicted octanol–water partition coefficient (Wildman–Crippen LogP) is 4.17. The molecule has 0 saturated carbocycles. The molecule has 0 unspecified atom stereocenters. The van der Waals surface area contributed by atoms with Crippen molar-refractivity contribution in [3.05, 3.63) is 70.8 Å². The van der Waals surface area contributed by atoms with E-state index in [1.807, 2.05) is 0 Å². The van der Waals surface area contributed by atoms with E-state index in [2.05, 4.69) is 66.4 Å². The van der Waals surface area contributed by atoms with Crippen LogP contribution in [-0.2, 0) is 5.41 Å². The third kappa shape index (κ3) is 2.13. The zero-order chi connectivity index (χ0) is 15.9. The Labute approximate surface area is 139 Å². The van der Waals surface area contributed by atoms with Crippen LogP contribution in [0.3, 0.4) is 0 Å². The van der Waals surface area contributed by atoms with Crippen molar-refractivity contribution < 1.29 is 0 Å². The molecule has 0 atom stereocenters. The maximum absolute atomic E-state index is 5.42. The lowest BCUT2D eigenvalue weighted by Gasteiger charge is -2.32. The maximum Gasteiger partial charge on any atom is 0.0596 e. The summed E-state index contributed by atoms with van der Waals surface area (Å²) in [7, 11) is 2.12. The third-order valence-electron chi connectivity index (χ3n) is 5.76. The van der Waals surface area contributed by atoms with Crippen LogP contribution in [0, 0.1) is 12.3 Å². The van der Waals surface area contributed by atoms with Gasteiger partial charge in [-0.05, 0) is 55.1 Å². The van der Waals surface area contributed by atoms with Crippen molar-refractivity contribution in [3.8, 4) is 12.3 Å². The maximum atomic E-state index is 5.42. The number of hydrogen-bond donors (Lipinski definition) is 0. The van der Waals surface area contributed by atoms with Crippen LogP contribution >= 0.6 is 0 Å². The van der Waals surface area contributed by atoms with Crippen molar-refractivity contribution >= 4 is 0 Å². The fraction of sp³-hybridized carbons (Fsp3) is 0.364. The highest BCUT2D eigenvalue weighted by Gasteiger charge is 2.51. The van der Waals surface area contributed by atoms with Gasteiger partial charge in [-0.25, -0.2) is 0 Å². The van der Waals surface area contributed by atoms with Gasteiger partial charge in [-0.3, -0.25) is 4.90 Å². The molecule has 2 aliphatic rings. The molecule has 0 fully saturated rings. The summed E-state index contributed by atoms with van der Waals surface area (Å²) in [5.41, 5.74) is 6.49. The van der Waals surface area contributed by atoms with Gasteiger partial charge in [-0.15, -0.1) is 6.42 Å². The molecule has 1 nitrogen and oxygen atoms in total. The Kier molecular flexibility index (Phi) is 3.51. The van der Waals surface area contributed by atoms with Crippen molar-refractivity contribution in [1.82, 2.24) is 4.90 Å². The summed E-state index contributed by atoms with van der Waals surface area (Å²) >= 11 is 0. The molecule has 2 aromatic carbocycles. The highest BCUT2D eigenvalue weighted by Crippen LogP contribution is 2.61. The van der Waals surface area contributed by atoms with E-state index in [1.54, 1.807) is 22.3 Å². The highest BCUT2D eigenvalue weighted by atomic mass is 15.1. The quantitative estimate of drug-likeness (QED) is 0.749. The molecular weight excluding hydrogens is 278 g/mol. The van der Waals surface area contributed by atoms with Gasteiger partial charge in [0, 0.05) is 11.3 Å². The van der Waals surface area contributed by atoms with Crippen LogP contribution in [0.25, 0.3) is 0 Å². The Morgan fingerprint density at radius 2 is 1.70 bits per heavy atom. The Balaban J connectivity index is 1.66. The fourth-order valence-electron chi connectivity index (χ4n) is 4.83. The van der Waals surface area contributed by atoms with Gasteiger partial charge < -0.3 is 0 Å². The number of fused-ring (bicyclic) bond motifs is 8. The second-order valence-corrected chi connectivity index (χ2v) is 7.06. The number of terminal acetylenes is 1. The van der Waals surface area contributed by atoms with Gasteiger partial charge in [0.05, 0.1) is 6.54 Å². The summed E-state index contributed by atoms with van der Waals surface area (Å²) in [5, 5.41) is 0. The van der Waals surface area contributed by atoms with E-state index in [9.17, 15) is 0 Å². The molecule has 0 saturated heterocycles. The summed E-state index contributed by atoms with van der Waals surface area (Å²) in [4.78, 5) is 2.25. The molecule has 0 heterocycles. The summed E-state index contributed by atoms with van der Waals surface area (Å²) in [5.74, 6) is 3.34. The van der Waals surface area contributed by atoms with Crippen LogP contribution in [0.15, 0.2) is 48.5 Å². The SMILES string of the molecule is C#CCN(C)CCCC12CC(c3ccccc31)c1ccccc12. The topological polar surface area (TPSA) is 3.24 Å². The Morgan fingerprint density at radius 3 is 2.30 bits per heavy atom. The van der Waals surface area contributed by atoms with Crippen molar-refractivity contribution in [2.45, 2.75) is 30.6 Å². The molecule has 1 heteroatoms. The Bertz CT molecular complexity index is 720. The van der Waals surface area contributed by atoms with Gasteiger partial charge in [0.2, 0.25) is 0 Å². The third-order valence-corrected chi connectivity index (χ3v) is 5.76. The van der Waals surface area contributed by atoms with Gasteiger partial charge in [-0.1, -0.05) is 54.5 Å². The van der Waals surface area contributed by atoms with E-state index in [0.717, 1.165) is 13.1 Å². The van der Waals surface area contributed by atoms with Crippen molar-refractivity contribution in [2.24, 2.45) is 0 Å². The van der Waals surface area contributed by atoms with Crippen molar-refractivity contribution in [2.75, 3.05) is 20.1 Å². The molecule has 0 amide bonds. The van der Waals surface area contributed by atoms with Gasteiger partial charge in [0.15, 0.2) is 0 Å². The number of nitrogens with zero attached hydrogens (tertiary/aromatic N) is 1. The fourth-order valence-corrected chi connectivity index (χ4v) is 4.83. The highest BCUT2D eigenvalue weighted by molar-refractivity contribution is 5.62. The van der Waals surface area contributed by atoms with Gasteiger partial charge in [0.1, 0.15) is 0 Å². The van der Waals surface area contributed by atoms with E-state index in [4.69, 9.17) is 6.42 Å². The summed E-state index contributed by atoms with van der Waals surface area (Å²) in [6.45, 7) is 1.81. The first-order chi connectivity index (χ1) is 11.3. The normalized spacial score (nSPS) is 23.6. The Morgan fingerprint density at radius 1 is 1.09 bits per heavy atom. The molecule has 0 spiro atoms. The number of hydrogen-bond acceptors (Lipinski definition) is 1. The van der Waals surface area contributed by atoms with Gasteiger partial charge in [0.25, 0.3) is 0 Å². The predicted molar refractivity (Wildman–Crippen MR) is 95.7 cm³/mol. The summed E-state index contributed by atoms with van der Waals surface area (Å²) in [6, 6.07) is 18.2. The van der Waals surface area contributed by atoms with E-state index in [0.29, 0.717) is 5.92 Å². The Hall–Kier alpha value is -2.04. The zero-order valence-electron chi connectivity index (χ0n) is 13.8. The molecular formula is C22H23N. The minimum atomic E-state index is 0.231. The molecule has 2 aromatic rings. The molecule has 0 aromatic heterocycles. The van der Waals surface area contributed by atoms with E-state index >= 15 is 0 Å². The van der Waals surface area contributed by atoms with Crippen LogP contribution in [-0.4, -0.2) is 25.0 Å². The first-order valence-corrected chi connectivity index (χ1v) is 8.57. The second-order valence-electron chi connectivity index (χ2n) is 7.06. The monoisotopic (exact) mass is 301 g/mol. The van der Waals surface area contributed by atoms with E-state index in [1.165, 1.54) is 19.3 Å². The number of benzene rings is 2. The molecule has 116 valence electrons. The average Bonchev–Trinajstić information content (AvgIpc) is 3.08. The van der Waals surface area contributed by atoms with Crippen molar-refractivity contribution in [1.29, 1.82) is 0 Å². The minimum absolute atomic E-state index is 0.231. The summed E-state index contributed by atoms with van der Waals surface area (Å²) in [6.07, 6.45) is 9.07. The lowest BCUT2D eigenvalue weighted by atomic mass is 9.72. The summed E-state index contributed by atoms with van der Waals surface area (Å²) < 4.78 is 0. The first-order valence-electron chi connectivity index (χ1n) is 8.57. The molecule has 0 radical (unpaired) electrons. The van der Waals surface area contributed by atoms with Crippen LogP contribution < -0.4 is 0 Å².